The lowest BCUT2D eigenvalue weighted by atomic mass is 10.1. The maximum Gasteiger partial charge on any atom is 0.183 e. The smallest absolute Gasteiger partial charge is 0.183 e. The van der Waals surface area contributed by atoms with Gasteiger partial charge in [-0.05, 0) is 30.9 Å². The van der Waals surface area contributed by atoms with Crippen molar-refractivity contribution in [1.29, 1.82) is 0 Å². The summed E-state index contributed by atoms with van der Waals surface area (Å²) < 4.78 is 11.4. The van der Waals surface area contributed by atoms with Crippen molar-refractivity contribution >= 4 is 0 Å². The molecule has 0 bridgehead atoms. The lowest BCUT2D eigenvalue weighted by molar-refractivity contribution is -0.208. The summed E-state index contributed by atoms with van der Waals surface area (Å²) in [6, 6.07) is 7.01. The molecule has 1 aliphatic carbocycles. The molecule has 3 heteroatoms. The molecule has 3 nitrogen and oxygen atoms in total. The highest BCUT2D eigenvalue weighted by Crippen LogP contribution is 2.40. The number of hydrogen-bond acceptors (Lipinski definition) is 3. The first kappa shape index (κ1) is 10.1. The molecule has 2 fully saturated rings. The van der Waals surface area contributed by atoms with Crippen molar-refractivity contribution in [3.8, 4) is 5.75 Å². The van der Waals surface area contributed by atoms with E-state index in [4.69, 9.17) is 9.47 Å². The fourth-order valence-electron chi connectivity index (χ4n) is 2.18. The van der Waals surface area contributed by atoms with E-state index < -0.39 is 0 Å². The Kier molecular flexibility index (Phi) is 2.58. The quantitative estimate of drug-likeness (QED) is 0.832. The van der Waals surface area contributed by atoms with Crippen molar-refractivity contribution in [3.05, 3.63) is 29.8 Å². The van der Waals surface area contributed by atoms with Gasteiger partial charge in [0.2, 0.25) is 0 Å². The van der Waals surface area contributed by atoms with Crippen LogP contribution in [0, 0.1) is 11.8 Å². The van der Waals surface area contributed by atoms with Crippen molar-refractivity contribution in [3.63, 3.8) is 0 Å². The Balaban J connectivity index is 1.62. The predicted molar refractivity (Wildman–Crippen MR) is 59.0 cm³/mol. The molecule has 1 aromatic carbocycles. The molecule has 3 rings (SSSR count). The van der Waals surface area contributed by atoms with Crippen LogP contribution in [0.3, 0.4) is 0 Å². The van der Waals surface area contributed by atoms with Crippen LogP contribution in [0.15, 0.2) is 24.3 Å². The second-order valence-corrected chi connectivity index (χ2v) is 4.69. The minimum absolute atomic E-state index is 0.254. The van der Waals surface area contributed by atoms with Crippen LogP contribution < -0.4 is 0 Å². The second kappa shape index (κ2) is 4.07. The molecule has 0 amide bonds. The van der Waals surface area contributed by atoms with E-state index in [1.165, 1.54) is 12.8 Å². The molecule has 1 N–H and O–H groups in total. The van der Waals surface area contributed by atoms with E-state index in [0.717, 1.165) is 24.7 Å². The van der Waals surface area contributed by atoms with Crippen LogP contribution in [0.5, 0.6) is 5.75 Å². The van der Waals surface area contributed by atoms with Gasteiger partial charge in [0, 0.05) is 11.5 Å². The minimum Gasteiger partial charge on any atom is -0.508 e. The highest BCUT2D eigenvalue weighted by atomic mass is 16.7. The van der Waals surface area contributed by atoms with Gasteiger partial charge in [-0.15, -0.1) is 0 Å². The monoisotopic (exact) mass is 220 g/mol. The van der Waals surface area contributed by atoms with Gasteiger partial charge in [0.25, 0.3) is 0 Å². The van der Waals surface area contributed by atoms with Crippen molar-refractivity contribution < 1.29 is 14.6 Å². The summed E-state index contributed by atoms with van der Waals surface area (Å²) in [6.07, 6.45) is 2.42. The third kappa shape index (κ3) is 2.06. The van der Waals surface area contributed by atoms with Gasteiger partial charge in [-0.25, -0.2) is 0 Å². The average molecular weight is 220 g/mol. The lowest BCUT2D eigenvalue weighted by Gasteiger charge is -2.29. The fraction of sp³-hybridized carbons (Fsp3) is 0.538. The molecule has 1 heterocycles. The SMILES string of the molecule is Oc1ccc(C2OCC(C3CC3)CO2)cc1. The zero-order valence-electron chi connectivity index (χ0n) is 9.13. The highest BCUT2D eigenvalue weighted by molar-refractivity contribution is 5.26. The first-order valence-corrected chi connectivity index (χ1v) is 5.85. The van der Waals surface area contributed by atoms with E-state index >= 15 is 0 Å². The van der Waals surface area contributed by atoms with Gasteiger partial charge in [0.15, 0.2) is 6.29 Å². The molecule has 0 spiro atoms. The lowest BCUT2D eigenvalue weighted by Crippen LogP contribution is -2.28. The molecule has 0 aromatic heterocycles. The van der Waals surface area contributed by atoms with Crippen LogP contribution in [0.4, 0.5) is 0 Å². The topological polar surface area (TPSA) is 38.7 Å². The van der Waals surface area contributed by atoms with Gasteiger partial charge < -0.3 is 14.6 Å². The van der Waals surface area contributed by atoms with Gasteiger partial charge in [-0.2, -0.15) is 0 Å². The first-order chi connectivity index (χ1) is 7.83. The summed E-state index contributed by atoms with van der Waals surface area (Å²) in [4.78, 5) is 0. The summed E-state index contributed by atoms with van der Waals surface area (Å²) in [5.41, 5.74) is 0.979. The van der Waals surface area contributed by atoms with Crippen LogP contribution >= 0.6 is 0 Å². The molecular formula is C13H16O3. The molecule has 1 saturated carbocycles. The Morgan fingerprint density at radius 2 is 1.56 bits per heavy atom. The largest absolute Gasteiger partial charge is 0.508 e. The third-order valence-electron chi connectivity index (χ3n) is 3.38. The van der Waals surface area contributed by atoms with Crippen LogP contribution in [-0.2, 0) is 9.47 Å². The number of phenols is 1. The van der Waals surface area contributed by atoms with Crippen molar-refractivity contribution in [2.75, 3.05) is 13.2 Å². The number of ether oxygens (including phenoxy) is 2. The number of benzene rings is 1. The summed E-state index contributed by atoms with van der Waals surface area (Å²) in [5, 5.41) is 9.20. The summed E-state index contributed by atoms with van der Waals surface area (Å²) in [6.45, 7) is 1.60. The number of hydrogen-bond donors (Lipinski definition) is 1. The maximum atomic E-state index is 9.20. The van der Waals surface area contributed by atoms with Gasteiger partial charge in [-0.3, -0.25) is 0 Å². The normalized spacial score (nSPS) is 30.2. The molecule has 16 heavy (non-hydrogen) atoms. The zero-order valence-corrected chi connectivity index (χ0v) is 9.13. The Bertz CT molecular complexity index is 348. The fourth-order valence-corrected chi connectivity index (χ4v) is 2.18. The maximum absolute atomic E-state index is 9.20. The minimum atomic E-state index is -0.254. The van der Waals surface area contributed by atoms with Crippen LogP contribution in [-0.4, -0.2) is 18.3 Å². The molecular weight excluding hydrogens is 204 g/mol. The molecule has 0 atom stereocenters. The van der Waals surface area contributed by atoms with E-state index in [0.29, 0.717) is 5.92 Å². The standard InChI is InChI=1S/C13H16O3/c14-12-5-3-10(4-6-12)13-15-7-11(8-16-13)9-1-2-9/h3-6,9,11,13-14H,1-2,7-8H2. The predicted octanol–water partition coefficient (Wildman–Crippen LogP) is 2.46. The second-order valence-electron chi connectivity index (χ2n) is 4.69. The number of aromatic hydroxyl groups is 1. The van der Waals surface area contributed by atoms with E-state index in [2.05, 4.69) is 0 Å². The van der Waals surface area contributed by atoms with Gasteiger partial charge in [0.1, 0.15) is 5.75 Å². The van der Waals surface area contributed by atoms with Gasteiger partial charge in [0.05, 0.1) is 13.2 Å². The van der Waals surface area contributed by atoms with Crippen LogP contribution in [0.2, 0.25) is 0 Å². The number of rotatable bonds is 2. The third-order valence-corrected chi connectivity index (χ3v) is 3.38. The van der Waals surface area contributed by atoms with Gasteiger partial charge in [-0.1, -0.05) is 12.1 Å². The van der Waals surface area contributed by atoms with E-state index in [1.807, 2.05) is 12.1 Å². The van der Waals surface area contributed by atoms with E-state index in [9.17, 15) is 5.11 Å². The van der Waals surface area contributed by atoms with Gasteiger partial charge >= 0.3 is 0 Å². The average Bonchev–Trinajstić information content (AvgIpc) is 3.14. The van der Waals surface area contributed by atoms with Crippen molar-refractivity contribution in [2.45, 2.75) is 19.1 Å². The Morgan fingerprint density at radius 3 is 2.12 bits per heavy atom. The molecule has 0 unspecified atom stereocenters. The Morgan fingerprint density at radius 1 is 0.938 bits per heavy atom. The van der Waals surface area contributed by atoms with Crippen molar-refractivity contribution in [2.24, 2.45) is 11.8 Å². The van der Waals surface area contributed by atoms with E-state index in [-0.39, 0.29) is 12.0 Å². The summed E-state index contributed by atoms with van der Waals surface area (Å²) in [5.74, 6) is 1.70. The van der Waals surface area contributed by atoms with E-state index in [1.54, 1.807) is 12.1 Å². The Hall–Kier alpha value is -1.06. The molecule has 2 aliphatic rings. The molecule has 1 aliphatic heterocycles. The zero-order chi connectivity index (χ0) is 11.0. The summed E-state index contributed by atoms with van der Waals surface area (Å²) in [7, 11) is 0. The summed E-state index contributed by atoms with van der Waals surface area (Å²) >= 11 is 0. The van der Waals surface area contributed by atoms with Crippen LogP contribution in [0.25, 0.3) is 0 Å². The highest BCUT2D eigenvalue weighted by Gasteiger charge is 2.35. The number of phenolic OH excluding ortho intramolecular Hbond substituents is 1. The molecule has 0 radical (unpaired) electrons. The first-order valence-electron chi connectivity index (χ1n) is 5.85. The molecule has 1 aromatic rings. The molecule has 86 valence electrons. The van der Waals surface area contributed by atoms with Crippen molar-refractivity contribution in [1.82, 2.24) is 0 Å². The van der Waals surface area contributed by atoms with Crippen LogP contribution in [0.1, 0.15) is 24.7 Å². The molecule has 1 saturated heterocycles. The Labute approximate surface area is 95.0 Å².